The first-order chi connectivity index (χ1) is 5.77. The third kappa shape index (κ3) is 1.05. The summed E-state index contributed by atoms with van der Waals surface area (Å²) in [5.41, 5.74) is 3.96. The molecule has 0 aliphatic rings. The first-order valence-corrected chi connectivity index (χ1v) is 3.97. The van der Waals surface area contributed by atoms with E-state index in [1.165, 1.54) is 0 Å². The summed E-state index contributed by atoms with van der Waals surface area (Å²) >= 11 is 0. The van der Waals surface area contributed by atoms with Gasteiger partial charge >= 0.3 is 0 Å². The molecule has 0 aliphatic heterocycles. The van der Waals surface area contributed by atoms with Gasteiger partial charge in [0.1, 0.15) is 0 Å². The Hall–Kier alpha value is -1.44. The molecule has 0 radical (unpaired) electrons. The topological polar surface area (TPSA) is 25.8 Å². The second-order valence-corrected chi connectivity index (χ2v) is 2.88. The fourth-order valence-electron chi connectivity index (χ4n) is 1.18. The molecule has 12 heavy (non-hydrogen) atoms. The van der Waals surface area contributed by atoms with Gasteiger partial charge in [0.2, 0.25) is 0 Å². The smallest absolute Gasteiger partial charge is 0.0890 e. The van der Waals surface area contributed by atoms with Crippen LogP contribution in [0.5, 0.6) is 0 Å². The van der Waals surface area contributed by atoms with E-state index >= 15 is 0 Å². The molecular weight excluding hydrogens is 148 g/mol. The molecule has 0 amide bonds. The molecule has 0 spiro atoms. The van der Waals surface area contributed by atoms with Crippen LogP contribution in [0.3, 0.4) is 0 Å². The summed E-state index contributed by atoms with van der Waals surface area (Å²) in [5, 5.41) is 0. The highest BCUT2D eigenvalue weighted by atomic mass is 14.8. The van der Waals surface area contributed by atoms with E-state index in [0.29, 0.717) is 0 Å². The van der Waals surface area contributed by atoms with Crippen LogP contribution in [-0.4, -0.2) is 9.97 Å². The molecule has 60 valence electrons. The number of aryl methyl sites for hydroxylation is 2. The molecule has 2 rings (SSSR count). The van der Waals surface area contributed by atoms with Crippen LogP contribution in [0, 0.1) is 13.8 Å². The molecule has 0 saturated carbocycles. The molecule has 0 N–H and O–H groups in total. The largest absolute Gasteiger partial charge is 0.250 e. The van der Waals surface area contributed by atoms with E-state index in [9.17, 15) is 0 Å². The number of nitrogens with zero attached hydrogens (tertiary/aromatic N) is 2. The Kier molecular flexibility index (Phi) is 1.54. The fourth-order valence-corrected chi connectivity index (χ4v) is 1.18. The number of benzene rings is 1. The van der Waals surface area contributed by atoms with E-state index < -0.39 is 0 Å². The Morgan fingerprint density at radius 1 is 0.833 bits per heavy atom. The molecule has 1 heterocycles. The van der Waals surface area contributed by atoms with Gasteiger partial charge in [-0.05, 0) is 26.0 Å². The van der Waals surface area contributed by atoms with E-state index in [0.717, 1.165) is 22.4 Å². The van der Waals surface area contributed by atoms with E-state index in [1.54, 1.807) is 0 Å². The van der Waals surface area contributed by atoms with E-state index in [1.807, 2.05) is 38.1 Å². The molecule has 2 aromatic rings. The van der Waals surface area contributed by atoms with Gasteiger partial charge in [-0.3, -0.25) is 0 Å². The van der Waals surface area contributed by atoms with Gasteiger partial charge in [0.25, 0.3) is 0 Å². The Labute approximate surface area is 71.3 Å². The van der Waals surface area contributed by atoms with Gasteiger partial charge in [-0.25, -0.2) is 9.97 Å². The predicted molar refractivity (Wildman–Crippen MR) is 49.0 cm³/mol. The Bertz CT molecular complexity index is 381. The monoisotopic (exact) mass is 158 g/mol. The molecule has 0 saturated heterocycles. The van der Waals surface area contributed by atoms with E-state index in [-0.39, 0.29) is 0 Å². The number of aromatic nitrogens is 2. The van der Waals surface area contributed by atoms with Gasteiger partial charge < -0.3 is 0 Å². The molecule has 0 atom stereocenters. The maximum atomic E-state index is 4.41. The standard InChI is InChI=1S/C10H10N2/c1-7-8(2)12-10-6-4-3-5-9(10)11-7/h3-6H,1-2H3. The van der Waals surface area contributed by atoms with Crippen LogP contribution < -0.4 is 0 Å². The van der Waals surface area contributed by atoms with Crippen molar-refractivity contribution >= 4 is 11.0 Å². The van der Waals surface area contributed by atoms with Crippen LogP contribution in [0.2, 0.25) is 0 Å². The van der Waals surface area contributed by atoms with E-state index in [2.05, 4.69) is 9.97 Å². The van der Waals surface area contributed by atoms with Crippen LogP contribution in [0.1, 0.15) is 11.4 Å². The van der Waals surface area contributed by atoms with Crippen molar-refractivity contribution in [2.45, 2.75) is 13.8 Å². The average Bonchev–Trinajstić information content (AvgIpc) is 2.07. The van der Waals surface area contributed by atoms with E-state index in [4.69, 9.17) is 0 Å². The summed E-state index contributed by atoms with van der Waals surface area (Å²) in [5.74, 6) is 0. The predicted octanol–water partition coefficient (Wildman–Crippen LogP) is 2.25. The van der Waals surface area contributed by atoms with Crippen molar-refractivity contribution in [2.75, 3.05) is 0 Å². The minimum Gasteiger partial charge on any atom is -0.250 e. The molecular formula is C10H10N2. The third-order valence-electron chi connectivity index (χ3n) is 1.98. The number of rotatable bonds is 0. The summed E-state index contributed by atoms with van der Waals surface area (Å²) in [6.45, 7) is 3.96. The lowest BCUT2D eigenvalue weighted by atomic mass is 10.2. The van der Waals surface area contributed by atoms with Gasteiger partial charge in [-0.1, -0.05) is 12.1 Å². The van der Waals surface area contributed by atoms with Crippen molar-refractivity contribution in [3.8, 4) is 0 Å². The number of hydrogen-bond donors (Lipinski definition) is 0. The lowest BCUT2D eigenvalue weighted by molar-refractivity contribution is 1.10. The molecule has 1 aromatic heterocycles. The molecule has 2 nitrogen and oxygen atoms in total. The lowest BCUT2D eigenvalue weighted by Crippen LogP contribution is -1.92. The van der Waals surface area contributed by atoms with Gasteiger partial charge in [-0.15, -0.1) is 0 Å². The zero-order chi connectivity index (χ0) is 8.55. The van der Waals surface area contributed by atoms with Crippen molar-refractivity contribution in [1.29, 1.82) is 0 Å². The Balaban J connectivity index is 2.84. The summed E-state index contributed by atoms with van der Waals surface area (Å²) in [7, 11) is 0. The van der Waals surface area contributed by atoms with Crippen molar-refractivity contribution in [1.82, 2.24) is 9.97 Å². The SMILES string of the molecule is Cc1nc2ccccc2nc1C. The number of fused-ring (bicyclic) bond motifs is 1. The normalized spacial score (nSPS) is 10.5. The molecule has 0 aliphatic carbocycles. The minimum atomic E-state index is 0.973. The highest BCUT2D eigenvalue weighted by molar-refractivity contribution is 5.74. The maximum absolute atomic E-state index is 4.41. The van der Waals surface area contributed by atoms with Gasteiger partial charge in [0, 0.05) is 0 Å². The van der Waals surface area contributed by atoms with Crippen LogP contribution in [-0.2, 0) is 0 Å². The third-order valence-corrected chi connectivity index (χ3v) is 1.98. The number of para-hydroxylation sites is 2. The summed E-state index contributed by atoms with van der Waals surface area (Å²) in [6.07, 6.45) is 0. The van der Waals surface area contributed by atoms with Gasteiger partial charge in [0.05, 0.1) is 22.4 Å². The summed E-state index contributed by atoms with van der Waals surface area (Å²) in [4.78, 5) is 8.83. The highest BCUT2D eigenvalue weighted by Crippen LogP contribution is 2.10. The zero-order valence-electron chi connectivity index (χ0n) is 7.20. The van der Waals surface area contributed by atoms with Gasteiger partial charge in [0.15, 0.2) is 0 Å². The van der Waals surface area contributed by atoms with Crippen LogP contribution in [0.15, 0.2) is 24.3 Å². The van der Waals surface area contributed by atoms with Crippen LogP contribution in [0.25, 0.3) is 11.0 Å². The molecule has 0 bridgehead atoms. The first-order valence-electron chi connectivity index (χ1n) is 3.97. The second-order valence-electron chi connectivity index (χ2n) is 2.88. The second kappa shape index (κ2) is 2.55. The molecule has 0 fully saturated rings. The Morgan fingerprint density at radius 2 is 1.25 bits per heavy atom. The average molecular weight is 158 g/mol. The highest BCUT2D eigenvalue weighted by Gasteiger charge is 1.98. The van der Waals surface area contributed by atoms with Crippen molar-refractivity contribution in [2.24, 2.45) is 0 Å². The van der Waals surface area contributed by atoms with Crippen molar-refractivity contribution < 1.29 is 0 Å². The van der Waals surface area contributed by atoms with Crippen molar-refractivity contribution in [3.05, 3.63) is 35.7 Å². The zero-order valence-corrected chi connectivity index (χ0v) is 7.20. The lowest BCUT2D eigenvalue weighted by Gasteiger charge is -2.00. The summed E-state index contributed by atoms with van der Waals surface area (Å²) < 4.78 is 0. The summed E-state index contributed by atoms with van der Waals surface area (Å²) in [6, 6.07) is 7.92. The first kappa shape index (κ1) is 7.22. The molecule has 2 heteroatoms. The maximum Gasteiger partial charge on any atom is 0.0890 e. The molecule has 1 aromatic carbocycles. The van der Waals surface area contributed by atoms with Gasteiger partial charge in [-0.2, -0.15) is 0 Å². The fraction of sp³-hybridized carbons (Fsp3) is 0.200. The molecule has 0 unspecified atom stereocenters. The quantitative estimate of drug-likeness (QED) is 0.587. The number of hydrogen-bond acceptors (Lipinski definition) is 2. The van der Waals surface area contributed by atoms with Crippen LogP contribution in [0.4, 0.5) is 0 Å². The van der Waals surface area contributed by atoms with Crippen molar-refractivity contribution in [3.63, 3.8) is 0 Å². The minimum absolute atomic E-state index is 0.973. The Morgan fingerprint density at radius 3 is 1.67 bits per heavy atom. The van der Waals surface area contributed by atoms with Crippen LogP contribution >= 0.6 is 0 Å².